The SMILES string of the molecule is C=C(C)C(=O)OCCCCCCOc1ccc(C(=O)Nc2ccc(CCCCC)cc2)cc1. The largest absolute Gasteiger partial charge is 0.494 e. The van der Waals surface area contributed by atoms with Crippen LogP contribution in [0.2, 0.25) is 0 Å². The zero-order chi connectivity index (χ0) is 23.9. The maximum atomic E-state index is 12.5. The molecule has 0 heterocycles. The van der Waals surface area contributed by atoms with E-state index in [1.54, 1.807) is 19.1 Å². The third-order valence-corrected chi connectivity index (χ3v) is 5.29. The molecule has 5 nitrogen and oxygen atoms in total. The molecule has 0 aliphatic rings. The number of rotatable bonds is 15. The number of benzene rings is 2. The zero-order valence-corrected chi connectivity index (χ0v) is 20.0. The third-order valence-electron chi connectivity index (χ3n) is 5.29. The Morgan fingerprint density at radius 1 is 0.848 bits per heavy atom. The molecular formula is C28H37NO4. The molecule has 0 atom stereocenters. The second kappa shape index (κ2) is 14.9. The Balaban J connectivity index is 1.64. The summed E-state index contributed by atoms with van der Waals surface area (Å²) in [7, 11) is 0. The summed E-state index contributed by atoms with van der Waals surface area (Å²) in [6.07, 6.45) is 8.48. The van der Waals surface area contributed by atoms with Gasteiger partial charge in [-0.25, -0.2) is 4.79 Å². The number of nitrogens with one attached hydrogen (secondary N) is 1. The standard InChI is InChI=1S/C28H37NO4/c1-4-5-8-11-23-12-16-25(17-13-23)29-27(30)24-14-18-26(19-15-24)32-20-9-6-7-10-21-33-28(31)22(2)3/h12-19H,2,4-11,20-21H2,1,3H3,(H,29,30). The van der Waals surface area contributed by atoms with E-state index in [2.05, 4.69) is 31.0 Å². The maximum absolute atomic E-state index is 12.5. The first-order valence-electron chi connectivity index (χ1n) is 12.0. The minimum atomic E-state index is -0.328. The van der Waals surface area contributed by atoms with Crippen LogP contribution in [0.4, 0.5) is 5.69 Å². The average molecular weight is 452 g/mol. The first-order chi connectivity index (χ1) is 16.0. The molecule has 0 spiro atoms. The fourth-order valence-electron chi connectivity index (χ4n) is 3.28. The summed E-state index contributed by atoms with van der Waals surface area (Å²) in [5.41, 5.74) is 3.13. The fourth-order valence-corrected chi connectivity index (χ4v) is 3.28. The maximum Gasteiger partial charge on any atom is 0.333 e. The zero-order valence-electron chi connectivity index (χ0n) is 20.0. The van der Waals surface area contributed by atoms with Crippen molar-refractivity contribution < 1.29 is 19.1 Å². The van der Waals surface area contributed by atoms with Gasteiger partial charge in [-0.15, -0.1) is 0 Å². The third kappa shape index (κ3) is 10.4. The van der Waals surface area contributed by atoms with Crippen LogP contribution in [-0.2, 0) is 16.0 Å². The normalized spacial score (nSPS) is 10.5. The molecule has 0 aromatic heterocycles. The molecule has 2 aromatic rings. The van der Waals surface area contributed by atoms with Crippen molar-refractivity contribution in [2.75, 3.05) is 18.5 Å². The number of hydrogen-bond donors (Lipinski definition) is 1. The summed E-state index contributed by atoms with van der Waals surface area (Å²) in [4.78, 5) is 23.8. The van der Waals surface area contributed by atoms with Gasteiger partial charge < -0.3 is 14.8 Å². The second-order valence-electron chi connectivity index (χ2n) is 8.31. The highest BCUT2D eigenvalue weighted by molar-refractivity contribution is 6.04. The topological polar surface area (TPSA) is 64.6 Å². The number of ether oxygens (including phenoxy) is 2. The monoisotopic (exact) mass is 451 g/mol. The first-order valence-corrected chi connectivity index (χ1v) is 12.0. The molecule has 0 fully saturated rings. The molecule has 0 saturated carbocycles. The lowest BCUT2D eigenvalue weighted by Crippen LogP contribution is -2.11. The number of carbonyl (C=O) groups is 2. The van der Waals surface area contributed by atoms with Gasteiger partial charge in [-0.05, 0) is 87.4 Å². The summed E-state index contributed by atoms with van der Waals surface area (Å²) >= 11 is 0. The van der Waals surface area contributed by atoms with E-state index in [-0.39, 0.29) is 11.9 Å². The predicted octanol–water partition coefficient (Wildman–Crippen LogP) is 6.73. The predicted molar refractivity (Wildman–Crippen MR) is 134 cm³/mol. The number of aryl methyl sites for hydroxylation is 1. The van der Waals surface area contributed by atoms with Crippen molar-refractivity contribution in [3.63, 3.8) is 0 Å². The molecular weight excluding hydrogens is 414 g/mol. The van der Waals surface area contributed by atoms with E-state index >= 15 is 0 Å². The van der Waals surface area contributed by atoms with Gasteiger partial charge in [0.2, 0.25) is 0 Å². The Morgan fingerprint density at radius 3 is 2.15 bits per heavy atom. The van der Waals surface area contributed by atoms with Gasteiger partial charge >= 0.3 is 5.97 Å². The lowest BCUT2D eigenvalue weighted by Gasteiger charge is -2.09. The summed E-state index contributed by atoms with van der Waals surface area (Å²) in [6.45, 7) is 8.45. The Morgan fingerprint density at radius 2 is 1.52 bits per heavy atom. The molecule has 0 radical (unpaired) electrons. The summed E-state index contributed by atoms with van der Waals surface area (Å²) < 4.78 is 10.8. The highest BCUT2D eigenvalue weighted by atomic mass is 16.5. The summed E-state index contributed by atoms with van der Waals surface area (Å²) in [5.74, 6) is 0.289. The average Bonchev–Trinajstić information content (AvgIpc) is 2.82. The lowest BCUT2D eigenvalue weighted by atomic mass is 10.1. The van der Waals surface area contributed by atoms with Crippen LogP contribution in [0, 0.1) is 0 Å². The number of carbonyl (C=O) groups excluding carboxylic acids is 2. The van der Waals surface area contributed by atoms with Gasteiger partial charge in [0, 0.05) is 16.8 Å². The molecule has 5 heteroatoms. The molecule has 0 bridgehead atoms. The van der Waals surface area contributed by atoms with E-state index < -0.39 is 0 Å². The van der Waals surface area contributed by atoms with Crippen LogP contribution in [0.1, 0.15) is 74.7 Å². The molecule has 2 rings (SSSR count). The van der Waals surface area contributed by atoms with E-state index in [9.17, 15) is 9.59 Å². The van der Waals surface area contributed by atoms with Gasteiger partial charge in [0.25, 0.3) is 5.91 Å². The molecule has 2 aromatic carbocycles. The molecule has 33 heavy (non-hydrogen) atoms. The molecule has 1 amide bonds. The number of hydrogen-bond acceptors (Lipinski definition) is 4. The number of anilines is 1. The molecule has 0 saturated heterocycles. The van der Waals surface area contributed by atoms with Crippen LogP contribution >= 0.6 is 0 Å². The minimum absolute atomic E-state index is 0.132. The molecule has 0 unspecified atom stereocenters. The van der Waals surface area contributed by atoms with Crippen LogP contribution in [-0.4, -0.2) is 25.1 Å². The Hall–Kier alpha value is -3.08. The molecule has 1 N–H and O–H groups in total. The van der Waals surface area contributed by atoms with Crippen molar-refractivity contribution in [1.82, 2.24) is 0 Å². The summed E-state index contributed by atoms with van der Waals surface area (Å²) in [6, 6.07) is 15.3. The summed E-state index contributed by atoms with van der Waals surface area (Å²) in [5, 5.41) is 2.95. The highest BCUT2D eigenvalue weighted by Crippen LogP contribution is 2.16. The van der Waals surface area contributed by atoms with Gasteiger partial charge in [0.15, 0.2) is 0 Å². The Bertz CT molecular complexity index is 872. The quantitative estimate of drug-likeness (QED) is 0.185. The van der Waals surface area contributed by atoms with Crippen molar-refractivity contribution in [2.45, 2.75) is 65.2 Å². The van der Waals surface area contributed by atoms with Crippen LogP contribution < -0.4 is 10.1 Å². The van der Waals surface area contributed by atoms with E-state index in [1.165, 1.54) is 24.8 Å². The minimum Gasteiger partial charge on any atom is -0.494 e. The van der Waals surface area contributed by atoms with E-state index in [0.717, 1.165) is 43.5 Å². The molecule has 178 valence electrons. The van der Waals surface area contributed by atoms with E-state index in [0.29, 0.717) is 24.4 Å². The van der Waals surface area contributed by atoms with Crippen molar-refractivity contribution in [2.24, 2.45) is 0 Å². The Kier molecular flexibility index (Phi) is 11.8. The van der Waals surface area contributed by atoms with Crippen LogP contribution in [0.3, 0.4) is 0 Å². The van der Waals surface area contributed by atoms with E-state index in [1.807, 2.05) is 24.3 Å². The van der Waals surface area contributed by atoms with Crippen LogP contribution in [0.15, 0.2) is 60.7 Å². The van der Waals surface area contributed by atoms with Crippen molar-refractivity contribution in [3.8, 4) is 5.75 Å². The van der Waals surface area contributed by atoms with Gasteiger partial charge in [-0.3, -0.25) is 4.79 Å². The van der Waals surface area contributed by atoms with Gasteiger partial charge in [-0.1, -0.05) is 38.5 Å². The number of amides is 1. The molecule has 0 aliphatic carbocycles. The van der Waals surface area contributed by atoms with Crippen LogP contribution in [0.5, 0.6) is 5.75 Å². The van der Waals surface area contributed by atoms with Crippen molar-refractivity contribution in [1.29, 1.82) is 0 Å². The van der Waals surface area contributed by atoms with Crippen LogP contribution in [0.25, 0.3) is 0 Å². The first kappa shape index (κ1) is 26.2. The second-order valence-corrected chi connectivity index (χ2v) is 8.31. The van der Waals surface area contributed by atoms with Gasteiger partial charge in [0.1, 0.15) is 5.75 Å². The van der Waals surface area contributed by atoms with Gasteiger partial charge in [-0.2, -0.15) is 0 Å². The lowest BCUT2D eigenvalue weighted by molar-refractivity contribution is -0.139. The molecule has 0 aliphatic heterocycles. The van der Waals surface area contributed by atoms with E-state index in [4.69, 9.17) is 9.47 Å². The van der Waals surface area contributed by atoms with Crippen molar-refractivity contribution >= 4 is 17.6 Å². The fraction of sp³-hybridized carbons (Fsp3) is 0.429. The number of esters is 1. The highest BCUT2D eigenvalue weighted by Gasteiger charge is 2.07. The van der Waals surface area contributed by atoms with Gasteiger partial charge in [0.05, 0.1) is 13.2 Å². The van der Waals surface area contributed by atoms with Crippen molar-refractivity contribution in [3.05, 3.63) is 71.8 Å². The number of unbranched alkanes of at least 4 members (excludes halogenated alkanes) is 5. The Labute approximate surface area is 198 Å². The smallest absolute Gasteiger partial charge is 0.333 e.